The summed E-state index contributed by atoms with van der Waals surface area (Å²) in [4.78, 5) is 56.6. The van der Waals surface area contributed by atoms with E-state index in [1.54, 1.807) is 111 Å². The number of carbonyl (C=O) groups excluding carboxylic acids is 4. The first kappa shape index (κ1) is 29.8. The lowest BCUT2D eigenvalue weighted by molar-refractivity contribution is -0.139. The number of fused-ring (bicyclic) bond motifs is 1. The Balaban J connectivity index is 1.56. The maximum atomic E-state index is 14.3. The number of carbonyl (C=O) groups is 4. The largest absolute Gasteiger partial charge is 0.497 e. The normalized spacial score (nSPS) is 12.8. The van der Waals surface area contributed by atoms with Crippen LogP contribution >= 0.6 is 0 Å². The fourth-order valence-corrected chi connectivity index (χ4v) is 5.05. The Labute approximate surface area is 254 Å². The summed E-state index contributed by atoms with van der Waals surface area (Å²) in [5, 5.41) is 2.91. The maximum Gasteiger partial charge on any atom is 0.299 e. The number of ketones is 1. The Bertz CT molecular complexity index is 1690. The standard InChI is InChI=1S/C34H31N3O7/c1-42-25-15-11-22(12-16-25)20-37(30(38)21-36-29-10-5-4-9-28(29)32(39)34(36)41)31(23-7-6-8-27(19-23)44-3)33(40)35-24-13-17-26(43-2)18-14-24/h4-19,31H,20-21H2,1-3H3,(H,35,40). The zero-order valence-electron chi connectivity index (χ0n) is 24.5. The van der Waals surface area contributed by atoms with Crippen LogP contribution in [0.1, 0.15) is 27.5 Å². The van der Waals surface area contributed by atoms with Gasteiger partial charge in [0.1, 0.15) is 29.8 Å². The fraction of sp³-hybridized carbons (Fsp3) is 0.176. The minimum Gasteiger partial charge on any atom is -0.497 e. The molecule has 1 aliphatic rings. The second kappa shape index (κ2) is 13.1. The number of anilines is 2. The third-order valence-corrected chi connectivity index (χ3v) is 7.33. The van der Waals surface area contributed by atoms with Crippen molar-refractivity contribution in [2.24, 2.45) is 0 Å². The first-order chi connectivity index (χ1) is 21.3. The van der Waals surface area contributed by atoms with Gasteiger partial charge in [0.15, 0.2) is 0 Å². The number of methoxy groups -OCH3 is 3. The summed E-state index contributed by atoms with van der Waals surface area (Å²) in [5.41, 5.74) is 2.28. The van der Waals surface area contributed by atoms with Gasteiger partial charge in [-0.3, -0.25) is 24.1 Å². The van der Waals surface area contributed by atoms with Crippen LogP contribution in [0.4, 0.5) is 11.4 Å². The molecular weight excluding hydrogens is 562 g/mol. The minimum absolute atomic E-state index is 0.0123. The van der Waals surface area contributed by atoms with Crippen LogP contribution in [0.5, 0.6) is 17.2 Å². The van der Waals surface area contributed by atoms with Gasteiger partial charge in [-0.15, -0.1) is 0 Å². The van der Waals surface area contributed by atoms with Crippen molar-refractivity contribution >= 4 is 34.9 Å². The van der Waals surface area contributed by atoms with Crippen LogP contribution in [0.3, 0.4) is 0 Å². The van der Waals surface area contributed by atoms with Gasteiger partial charge in [-0.2, -0.15) is 0 Å². The van der Waals surface area contributed by atoms with Crippen LogP contribution in [-0.2, 0) is 20.9 Å². The number of nitrogens with one attached hydrogen (secondary N) is 1. The summed E-state index contributed by atoms with van der Waals surface area (Å²) in [6.07, 6.45) is 0. The van der Waals surface area contributed by atoms with E-state index in [2.05, 4.69) is 5.32 Å². The number of para-hydroxylation sites is 1. The third-order valence-electron chi connectivity index (χ3n) is 7.33. The second-order valence-electron chi connectivity index (χ2n) is 10.0. The monoisotopic (exact) mass is 593 g/mol. The average Bonchev–Trinajstić information content (AvgIpc) is 3.29. The Morgan fingerprint density at radius 2 is 1.41 bits per heavy atom. The lowest BCUT2D eigenvalue weighted by atomic mass is 10.0. The Morgan fingerprint density at radius 1 is 0.773 bits per heavy atom. The van der Waals surface area contributed by atoms with E-state index in [1.807, 2.05) is 0 Å². The first-order valence-corrected chi connectivity index (χ1v) is 13.8. The predicted octanol–water partition coefficient (Wildman–Crippen LogP) is 4.65. The minimum atomic E-state index is -1.15. The van der Waals surface area contributed by atoms with E-state index < -0.39 is 36.1 Å². The van der Waals surface area contributed by atoms with Gasteiger partial charge < -0.3 is 24.4 Å². The van der Waals surface area contributed by atoms with Crippen molar-refractivity contribution in [3.63, 3.8) is 0 Å². The fourth-order valence-electron chi connectivity index (χ4n) is 5.05. The topological polar surface area (TPSA) is 114 Å². The van der Waals surface area contributed by atoms with E-state index in [1.165, 1.54) is 12.0 Å². The van der Waals surface area contributed by atoms with Gasteiger partial charge in [0.25, 0.3) is 17.6 Å². The van der Waals surface area contributed by atoms with Crippen molar-refractivity contribution in [1.82, 2.24) is 4.90 Å². The predicted molar refractivity (Wildman–Crippen MR) is 164 cm³/mol. The summed E-state index contributed by atoms with van der Waals surface area (Å²) in [6.45, 7) is -0.438. The number of rotatable bonds is 11. The van der Waals surface area contributed by atoms with E-state index in [0.29, 0.717) is 39.8 Å². The van der Waals surface area contributed by atoms with E-state index >= 15 is 0 Å². The quantitative estimate of drug-likeness (QED) is 0.252. The van der Waals surface area contributed by atoms with Crippen molar-refractivity contribution in [3.05, 3.63) is 114 Å². The third kappa shape index (κ3) is 6.24. The first-order valence-electron chi connectivity index (χ1n) is 13.8. The summed E-state index contributed by atoms with van der Waals surface area (Å²) in [5.74, 6) is -0.775. The lowest BCUT2D eigenvalue weighted by Crippen LogP contribution is -2.46. The molecule has 1 aliphatic heterocycles. The van der Waals surface area contributed by atoms with Crippen LogP contribution in [0.25, 0.3) is 0 Å². The van der Waals surface area contributed by atoms with Crippen LogP contribution in [0, 0.1) is 0 Å². The van der Waals surface area contributed by atoms with Gasteiger partial charge in [0.2, 0.25) is 5.91 Å². The van der Waals surface area contributed by atoms with Crippen molar-refractivity contribution in [2.75, 3.05) is 38.1 Å². The Kier molecular flexibility index (Phi) is 8.90. The molecule has 10 heteroatoms. The molecule has 10 nitrogen and oxygen atoms in total. The van der Waals surface area contributed by atoms with Gasteiger partial charge in [0.05, 0.1) is 32.6 Å². The maximum absolute atomic E-state index is 14.3. The molecule has 0 aromatic heterocycles. The Morgan fingerprint density at radius 3 is 2.07 bits per heavy atom. The molecule has 0 saturated heterocycles. The molecular formula is C34H31N3O7. The van der Waals surface area contributed by atoms with Crippen LogP contribution in [-0.4, -0.2) is 56.3 Å². The molecule has 224 valence electrons. The van der Waals surface area contributed by atoms with Crippen LogP contribution < -0.4 is 24.4 Å². The van der Waals surface area contributed by atoms with Gasteiger partial charge in [-0.05, 0) is 71.8 Å². The van der Waals surface area contributed by atoms with Crippen molar-refractivity contribution in [1.29, 1.82) is 0 Å². The molecule has 1 atom stereocenters. The van der Waals surface area contributed by atoms with Crippen molar-refractivity contribution in [2.45, 2.75) is 12.6 Å². The highest BCUT2D eigenvalue weighted by Gasteiger charge is 2.39. The number of benzene rings is 4. The zero-order chi connectivity index (χ0) is 31.2. The summed E-state index contributed by atoms with van der Waals surface area (Å²) in [7, 11) is 4.62. The van der Waals surface area contributed by atoms with E-state index in [-0.39, 0.29) is 12.1 Å². The average molecular weight is 594 g/mol. The molecule has 44 heavy (non-hydrogen) atoms. The number of amides is 3. The number of hydrogen-bond acceptors (Lipinski definition) is 7. The smallest absolute Gasteiger partial charge is 0.299 e. The number of Topliss-reactive ketones (excluding diaryl/α,β-unsaturated/α-hetero) is 1. The molecule has 0 bridgehead atoms. The number of nitrogens with zero attached hydrogens (tertiary/aromatic N) is 2. The van der Waals surface area contributed by atoms with E-state index in [0.717, 1.165) is 4.90 Å². The molecule has 0 spiro atoms. The highest BCUT2D eigenvalue weighted by molar-refractivity contribution is 6.52. The summed E-state index contributed by atoms with van der Waals surface area (Å²) < 4.78 is 15.9. The van der Waals surface area contributed by atoms with Gasteiger partial charge in [0, 0.05) is 12.2 Å². The second-order valence-corrected chi connectivity index (χ2v) is 10.0. The highest BCUT2D eigenvalue weighted by atomic mass is 16.5. The molecule has 1 heterocycles. The molecule has 1 N–H and O–H groups in total. The summed E-state index contributed by atoms with van der Waals surface area (Å²) >= 11 is 0. The molecule has 4 aromatic rings. The molecule has 4 aromatic carbocycles. The number of hydrogen-bond donors (Lipinski definition) is 1. The molecule has 0 radical (unpaired) electrons. The van der Waals surface area contributed by atoms with E-state index in [9.17, 15) is 19.2 Å². The molecule has 1 unspecified atom stereocenters. The SMILES string of the molecule is COc1ccc(CN(C(=O)CN2C(=O)C(=O)c3ccccc32)C(C(=O)Nc2ccc(OC)cc2)c2cccc(OC)c2)cc1. The molecule has 3 amide bonds. The van der Waals surface area contributed by atoms with Crippen LogP contribution in [0.2, 0.25) is 0 Å². The van der Waals surface area contributed by atoms with E-state index in [4.69, 9.17) is 14.2 Å². The molecule has 0 aliphatic carbocycles. The molecule has 0 saturated carbocycles. The molecule has 5 rings (SSSR count). The highest BCUT2D eigenvalue weighted by Crippen LogP contribution is 2.32. The zero-order valence-corrected chi connectivity index (χ0v) is 24.5. The van der Waals surface area contributed by atoms with Gasteiger partial charge in [-0.25, -0.2) is 0 Å². The van der Waals surface area contributed by atoms with Crippen LogP contribution in [0.15, 0.2) is 97.1 Å². The lowest BCUT2D eigenvalue weighted by Gasteiger charge is -2.33. The summed E-state index contributed by atoms with van der Waals surface area (Å²) in [6, 6.07) is 26.2. The molecule has 0 fully saturated rings. The number of ether oxygens (including phenoxy) is 3. The van der Waals surface area contributed by atoms with Gasteiger partial charge >= 0.3 is 0 Å². The van der Waals surface area contributed by atoms with Gasteiger partial charge in [-0.1, -0.05) is 36.4 Å². The van der Waals surface area contributed by atoms with Crippen molar-refractivity contribution in [3.8, 4) is 17.2 Å². The van der Waals surface area contributed by atoms with Crippen molar-refractivity contribution < 1.29 is 33.4 Å². The Hall–Kier alpha value is -5.64.